The summed E-state index contributed by atoms with van der Waals surface area (Å²) in [5.41, 5.74) is 1.63. The first-order valence-electron chi connectivity index (χ1n) is 3.15. The van der Waals surface area contributed by atoms with Crippen molar-refractivity contribution in [3.05, 3.63) is 24.2 Å². The number of hydrogen-bond acceptors (Lipinski definition) is 2. The fraction of sp³-hybridized carbons (Fsp3) is 0. The van der Waals surface area contributed by atoms with Crippen LogP contribution in [-0.4, -0.2) is 15.2 Å². The van der Waals surface area contributed by atoms with Gasteiger partial charge < -0.3 is 0 Å². The van der Waals surface area contributed by atoms with Crippen LogP contribution in [0, 0.1) is 12.3 Å². The monoisotopic (exact) mass is 143 g/mol. The van der Waals surface area contributed by atoms with Crippen LogP contribution in [-0.2, 0) is 0 Å². The van der Waals surface area contributed by atoms with E-state index in [0.717, 1.165) is 16.5 Å². The van der Waals surface area contributed by atoms with E-state index in [4.69, 9.17) is 6.42 Å². The fourth-order valence-electron chi connectivity index (χ4n) is 0.975. The molecule has 2 heterocycles. The lowest BCUT2D eigenvalue weighted by atomic mass is 10.2. The molecule has 0 aliphatic heterocycles. The maximum atomic E-state index is 5.24. The number of hydrogen-bond donors (Lipinski definition) is 1. The number of aromatic amines is 1. The van der Waals surface area contributed by atoms with Crippen molar-refractivity contribution in [3.8, 4) is 12.3 Å². The maximum Gasteiger partial charge on any atom is 0.0837 e. The highest BCUT2D eigenvalue weighted by Crippen LogP contribution is 2.11. The summed E-state index contributed by atoms with van der Waals surface area (Å²) < 4.78 is 0. The van der Waals surface area contributed by atoms with Crippen LogP contribution in [0.1, 0.15) is 5.56 Å². The molecule has 0 spiro atoms. The molecule has 2 aromatic heterocycles. The molecule has 0 fully saturated rings. The van der Waals surface area contributed by atoms with Crippen LogP contribution in [0.5, 0.6) is 0 Å². The van der Waals surface area contributed by atoms with Gasteiger partial charge in [-0.2, -0.15) is 5.10 Å². The zero-order chi connectivity index (χ0) is 7.68. The third-order valence-corrected chi connectivity index (χ3v) is 1.51. The first kappa shape index (κ1) is 5.93. The molecule has 0 radical (unpaired) electrons. The predicted molar refractivity (Wildman–Crippen MR) is 41.8 cm³/mol. The lowest BCUT2D eigenvalue weighted by Crippen LogP contribution is -1.79. The van der Waals surface area contributed by atoms with E-state index in [9.17, 15) is 0 Å². The van der Waals surface area contributed by atoms with Crippen LogP contribution in [0.2, 0.25) is 0 Å². The second-order valence-electron chi connectivity index (χ2n) is 2.17. The van der Waals surface area contributed by atoms with Crippen molar-refractivity contribution in [2.45, 2.75) is 0 Å². The number of fused-ring (bicyclic) bond motifs is 1. The molecule has 0 bridgehead atoms. The third kappa shape index (κ3) is 0.767. The molecule has 3 nitrogen and oxygen atoms in total. The van der Waals surface area contributed by atoms with Gasteiger partial charge >= 0.3 is 0 Å². The topological polar surface area (TPSA) is 41.6 Å². The van der Waals surface area contributed by atoms with E-state index in [0.29, 0.717) is 0 Å². The van der Waals surface area contributed by atoms with Gasteiger partial charge in [0.2, 0.25) is 0 Å². The van der Waals surface area contributed by atoms with Gasteiger partial charge in [-0.25, -0.2) is 0 Å². The molecule has 2 aromatic rings. The summed E-state index contributed by atoms with van der Waals surface area (Å²) in [5, 5.41) is 7.60. The Morgan fingerprint density at radius 1 is 1.36 bits per heavy atom. The van der Waals surface area contributed by atoms with E-state index < -0.39 is 0 Å². The Morgan fingerprint density at radius 3 is 3.09 bits per heavy atom. The third-order valence-electron chi connectivity index (χ3n) is 1.51. The highest BCUT2D eigenvalue weighted by Gasteiger charge is 1.98. The molecule has 0 unspecified atom stereocenters. The summed E-state index contributed by atoms with van der Waals surface area (Å²) in [7, 11) is 0. The smallest absolute Gasteiger partial charge is 0.0837 e. The molecule has 0 saturated carbocycles. The highest BCUT2D eigenvalue weighted by atomic mass is 15.1. The van der Waals surface area contributed by atoms with Crippen molar-refractivity contribution in [1.82, 2.24) is 15.2 Å². The second-order valence-corrected chi connectivity index (χ2v) is 2.17. The average Bonchev–Trinajstić information content (AvgIpc) is 2.50. The molecule has 0 saturated heterocycles. The van der Waals surface area contributed by atoms with Gasteiger partial charge in [-0.1, -0.05) is 5.92 Å². The largest absolute Gasteiger partial charge is 0.276 e. The Morgan fingerprint density at radius 2 is 2.27 bits per heavy atom. The molecule has 3 heteroatoms. The van der Waals surface area contributed by atoms with E-state index >= 15 is 0 Å². The van der Waals surface area contributed by atoms with Gasteiger partial charge in [0.1, 0.15) is 0 Å². The number of pyridine rings is 1. The van der Waals surface area contributed by atoms with Crippen LogP contribution in [0.25, 0.3) is 10.9 Å². The number of rotatable bonds is 0. The summed E-state index contributed by atoms with van der Waals surface area (Å²) in [4.78, 5) is 3.95. The molecular formula is C8H5N3. The van der Waals surface area contributed by atoms with Crippen molar-refractivity contribution in [2.24, 2.45) is 0 Å². The molecule has 2 rings (SSSR count). The van der Waals surface area contributed by atoms with Gasteiger partial charge in [0.15, 0.2) is 0 Å². The Labute approximate surface area is 63.5 Å². The Kier molecular flexibility index (Phi) is 1.13. The van der Waals surface area contributed by atoms with Gasteiger partial charge in [0.05, 0.1) is 17.3 Å². The maximum absolute atomic E-state index is 5.24. The van der Waals surface area contributed by atoms with Crippen molar-refractivity contribution < 1.29 is 0 Å². The molecule has 0 atom stereocenters. The zero-order valence-electron chi connectivity index (χ0n) is 5.70. The lowest BCUT2D eigenvalue weighted by molar-refractivity contribution is 1.12. The van der Waals surface area contributed by atoms with Crippen LogP contribution >= 0.6 is 0 Å². The molecule has 52 valence electrons. The van der Waals surface area contributed by atoms with Crippen molar-refractivity contribution in [2.75, 3.05) is 0 Å². The first-order valence-corrected chi connectivity index (χ1v) is 3.15. The molecule has 11 heavy (non-hydrogen) atoms. The first-order chi connectivity index (χ1) is 5.42. The van der Waals surface area contributed by atoms with Gasteiger partial charge in [-0.05, 0) is 0 Å². The lowest BCUT2D eigenvalue weighted by Gasteiger charge is -1.89. The minimum Gasteiger partial charge on any atom is -0.276 e. The predicted octanol–water partition coefficient (Wildman–Crippen LogP) is 0.939. The highest BCUT2D eigenvalue weighted by molar-refractivity contribution is 5.82. The normalized spacial score (nSPS) is 9.73. The van der Waals surface area contributed by atoms with Crippen LogP contribution in [0.3, 0.4) is 0 Å². The molecule has 0 amide bonds. The van der Waals surface area contributed by atoms with Gasteiger partial charge in [0.25, 0.3) is 0 Å². The number of H-pyrrole nitrogens is 1. The van der Waals surface area contributed by atoms with Gasteiger partial charge in [0, 0.05) is 17.8 Å². The van der Waals surface area contributed by atoms with Crippen LogP contribution < -0.4 is 0 Å². The Balaban J connectivity index is 2.92. The Bertz CT molecular complexity index is 422. The summed E-state index contributed by atoms with van der Waals surface area (Å²) in [5.74, 6) is 2.52. The van der Waals surface area contributed by atoms with E-state index in [1.54, 1.807) is 18.6 Å². The van der Waals surface area contributed by atoms with Crippen LogP contribution in [0.4, 0.5) is 0 Å². The molecule has 0 aromatic carbocycles. The number of terminal acetylenes is 1. The quantitative estimate of drug-likeness (QED) is 0.557. The number of nitrogens with one attached hydrogen (secondary N) is 1. The van der Waals surface area contributed by atoms with Gasteiger partial charge in [-0.3, -0.25) is 10.1 Å². The van der Waals surface area contributed by atoms with Crippen molar-refractivity contribution in [1.29, 1.82) is 0 Å². The van der Waals surface area contributed by atoms with E-state index in [2.05, 4.69) is 21.1 Å². The molecule has 1 N–H and O–H groups in total. The fourth-order valence-corrected chi connectivity index (χ4v) is 0.975. The molecule has 0 aliphatic rings. The summed E-state index contributed by atoms with van der Waals surface area (Å²) in [6.07, 6.45) is 10.3. The average molecular weight is 143 g/mol. The Hall–Kier alpha value is -1.82. The number of nitrogens with zero attached hydrogens (tertiary/aromatic N) is 2. The minimum absolute atomic E-state index is 0.750. The minimum atomic E-state index is 0.750. The van der Waals surface area contributed by atoms with Crippen molar-refractivity contribution >= 4 is 10.9 Å². The summed E-state index contributed by atoms with van der Waals surface area (Å²) in [6.45, 7) is 0. The zero-order valence-corrected chi connectivity index (χ0v) is 5.70. The van der Waals surface area contributed by atoms with Gasteiger partial charge in [-0.15, -0.1) is 6.42 Å². The van der Waals surface area contributed by atoms with E-state index in [1.165, 1.54) is 0 Å². The SMILES string of the molecule is C#Cc1cncc2cn[nH]c12. The summed E-state index contributed by atoms with van der Waals surface area (Å²) in [6, 6.07) is 0. The van der Waals surface area contributed by atoms with Crippen LogP contribution in [0.15, 0.2) is 18.6 Å². The van der Waals surface area contributed by atoms with Crippen molar-refractivity contribution in [3.63, 3.8) is 0 Å². The van der Waals surface area contributed by atoms with E-state index in [-0.39, 0.29) is 0 Å². The molecule has 0 aliphatic carbocycles. The number of aromatic nitrogens is 3. The standard InChI is InChI=1S/C8H5N3/c1-2-6-3-9-4-7-5-10-11-8(6)7/h1,3-5H,(H,10,11). The van der Waals surface area contributed by atoms with E-state index in [1.807, 2.05) is 0 Å². The summed E-state index contributed by atoms with van der Waals surface area (Å²) >= 11 is 0. The second kappa shape index (κ2) is 2.10. The molecular weight excluding hydrogens is 138 g/mol.